The molecule has 1 aliphatic carbocycles. The third kappa shape index (κ3) is 1.88. The van der Waals surface area contributed by atoms with E-state index in [0.717, 1.165) is 0 Å². The van der Waals surface area contributed by atoms with Crippen molar-refractivity contribution in [3.05, 3.63) is 0 Å². The Kier molecular flexibility index (Phi) is 2.77. The van der Waals surface area contributed by atoms with Crippen LogP contribution >= 0.6 is 11.6 Å². The third-order valence-electron chi connectivity index (χ3n) is 3.63. The Morgan fingerprint density at radius 1 is 0.778 bits per heavy atom. The minimum atomic E-state index is -0.793. The van der Waals surface area contributed by atoms with Crippen LogP contribution in [0.3, 0.4) is 0 Å². The Hall–Kier alpha value is 0.0900. The Morgan fingerprint density at radius 3 is 1.50 bits per heavy atom. The lowest BCUT2D eigenvalue weighted by Crippen LogP contribution is -2.59. The summed E-state index contributed by atoms with van der Waals surface area (Å²) in [5.74, 6) is -1.48. The molecule has 1 saturated carbocycles. The monoisotopic (exact) mass is 278 g/mol. The quantitative estimate of drug-likeness (QED) is 0.670. The van der Waals surface area contributed by atoms with Crippen molar-refractivity contribution >= 4 is 11.6 Å². The molecule has 5 nitrogen and oxygen atoms in total. The molecule has 104 valence electrons. The molecule has 0 radical (unpaired) electrons. The van der Waals surface area contributed by atoms with Crippen molar-refractivity contribution in [3.63, 3.8) is 0 Å². The second kappa shape index (κ2) is 3.81. The number of hydrogen-bond acceptors (Lipinski definition) is 5. The molecular formula is C12H19ClO5. The number of rotatable bonds is 0. The maximum absolute atomic E-state index is 10.4. The zero-order chi connectivity index (χ0) is 13.3. The molecule has 2 aliphatic heterocycles. The van der Waals surface area contributed by atoms with Gasteiger partial charge in [0, 0.05) is 0 Å². The van der Waals surface area contributed by atoms with Crippen LogP contribution in [0.15, 0.2) is 0 Å². The van der Waals surface area contributed by atoms with Gasteiger partial charge in [0.2, 0.25) is 0 Å². The average Bonchev–Trinajstić information content (AvgIpc) is 2.72. The van der Waals surface area contributed by atoms with Gasteiger partial charge in [-0.05, 0) is 27.7 Å². The molecule has 2 heterocycles. The Bertz CT molecular complexity index is 296. The van der Waals surface area contributed by atoms with Gasteiger partial charge in [0.05, 0.1) is 5.38 Å². The number of hydrogen-bond donors (Lipinski definition) is 1. The first-order chi connectivity index (χ1) is 8.20. The third-order valence-corrected chi connectivity index (χ3v) is 4.12. The van der Waals surface area contributed by atoms with Crippen LogP contribution in [0, 0.1) is 0 Å². The van der Waals surface area contributed by atoms with Gasteiger partial charge in [0.1, 0.15) is 30.5 Å². The lowest BCUT2D eigenvalue weighted by molar-refractivity contribution is -0.179. The largest absolute Gasteiger partial charge is 0.387 e. The number of alkyl halides is 1. The smallest absolute Gasteiger partial charge is 0.163 e. The first kappa shape index (κ1) is 13.1. The van der Waals surface area contributed by atoms with Crippen molar-refractivity contribution < 1.29 is 24.1 Å². The highest BCUT2D eigenvalue weighted by molar-refractivity contribution is 6.21. The molecule has 3 rings (SSSR count). The summed E-state index contributed by atoms with van der Waals surface area (Å²) in [5.41, 5.74) is 0. The highest BCUT2D eigenvalue weighted by Gasteiger charge is 2.62. The van der Waals surface area contributed by atoms with Crippen LogP contribution in [0.2, 0.25) is 0 Å². The minimum absolute atomic E-state index is 0.379. The van der Waals surface area contributed by atoms with Gasteiger partial charge >= 0.3 is 0 Å². The van der Waals surface area contributed by atoms with Crippen LogP contribution in [0.5, 0.6) is 0 Å². The van der Waals surface area contributed by atoms with E-state index in [9.17, 15) is 5.11 Å². The highest BCUT2D eigenvalue weighted by atomic mass is 35.5. The fourth-order valence-corrected chi connectivity index (χ4v) is 3.42. The van der Waals surface area contributed by atoms with Gasteiger partial charge in [-0.1, -0.05) is 0 Å². The number of fused-ring (bicyclic) bond motifs is 2. The molecule has 6 atom stereocenters. The van der Waals surface area contributed by atoms with E-state index in [4.69, 9.17) is 30.5 Å². The molecule has 0 spiro atoms. The fourth-order valence-electron chi connectivity index (χ4n) is 3.03. The summed E-state index contributed by atoms with van der Waals surface area (Å²) in [6.45, 7) is 7.23. The van der Waals surface area contributed by atoms with E-state index in [-0.39, 0.29) is 12.2 Å². The first-order valence-electron chi connectivity index (χ1n) is 6.24. The second-order valence-electron chi connectivity index (χ2n) is 6.06. The van der Waals surface area contributed by atoms with Crippen molar-refractivity contribution in [2.45, 2.75) is 75.2 Å². The molecule has 0 aromatic heterocycles. The standard InChI is InChI=1S/C12H19ClO5/c1-11(2)15-7-5(13)8-10(6(14)9(7)17-11)18-12(3,4)16-8/h5-10,14H,1-4H3/t5?,6?,7-,8-,9-,10+/m1/s1. The van der Waals surface area contributed by atoms with E-state index in [1.54, 1.807) is 0 Å². The molecule has 6 heteroatoms. The number of halogens is 1. The van der Waals surface area contributed by atoms with E-state index in [1.807, 2.05) is 27.7 Å². The summed E-state index contributed by atoms with van der Waals surface area (Å²) in [5, 5.41) is 9.97. The summed E-state index contributed by atoms with van der Waals surface area (Å²) in [6, 6.07) is 0. The molecule has 18 heavy (non-hydrogen) atoms. The number of aliphatic hydroxyl groups is 1. The van der Waals surface area contributed by atoms with Crippen molar-refractivity contribution in [2.75, 3.05) is 0 Å². The average molecular weight is 279 g/mol. The summed E-state index contributed by atoms with van der Waals surface area (Å²) in [4.78, 5) is 0. The van der Waals surface area contributed by atoms with Crippen molar-refractivity contribution in [2.24, 2.45) is 0 Å². The zero-order valence-corrected chi connectivity index (χ0v) is 11.7. The molecule has 0 bridgehead atoms. The van der Waals surface area contributed by atoms with Crippen LogP contribution < -0.4 is 0 Å². The molecular weight excluding hydrogens is 260 g/mol. The van der Waals surface area contributed by atoms with Crippen molar-refractivity contribution in [1.82, 2.24) is 0 Å². The molecule has 3 fully saturated rings. The molecule has 2 saturated heterocycles. The van der Waals surface area contributed by atoms with E-state index in [0.29, 0.717) is 0 Å². The topological polar surface area (TPSA) is 57.2 Å². The summed E-state index contributed by atoms with van der Waals surface area (Å²) in [7, 11) is 0. The van der Waals surface area contributed by atoms with E-state index in [2.05, 4.69) is 0 Å². The molecule has 3 aliphatic rings. The maximum Gasteiger partial charge on any atom is 0.163 e. The van der Waals surface area contributed by atoms with E-state index in [1.165, 1.54) is 0 Å². The van der Waals surface area contributed by atoms with Gasteiger partial charge in [0.25, 0.3) is 0 Å². The predicted octanol–water partition coefficient (Wildman–Crippen LogP) is 1.01. The molecule has 0 amide bonds. The highest BCUT2D eigenvalue weighted by Crippen LogP contribution is 2.45. The normalized spacial score (nSPS) is 53.0. The number of ether oxygens (including phenoxy) is 4. The Morgan fingerprint density at radius 2 is 1.11 bits per heavy atom. The van der Waals surface area contributed by atoms with E-state index < -0.39 is 35.3 Å². The van der Waals surface area contributed by atoms with Crippen LogP contribution in [-0.2, 0) is 18.9 Å². The van der Waals surface area contributed by atoms with Gasteiger partial charge in [-0.3, -0.25) is 0 Å². The Balaban J connectivity index is 1.88. The first-order valence-corrected chi connectivity index (χ1v) is 6.67. The van der Waals surface area contributed by atoms with Gasteiger partial charge < -0.3 is 24.1 Å². The van der Waals surface area contributed by atoms with Gasteiger partial charge in [-0.15, -0.1) is 11.6 Å². The number of aliphatic hydroxyl groups excluding tert-OH is 1. The SMILES string of the molecule is CC1(C)O[C@@H]2C(Cl)[C@H]3OC(C)(C)O[C@H]3C(O)[C@H]2O1. The van der Waals surface area contributed by atoms with Crippen molar-refractivity contribution in [1.29, 1.82) is 0 Å². The summed E-state index contributed by atoms with van der Waals surface area (Å²) < 4.78 is 23.0. The van der Waals surface area contributed by atoms with Gasteiger partial charge in [0.15, 0.2) is 11.6 Å². The van der Waals surface area contributed by atoms with Gasteiger partial charge in [-0.2, -0.15) is 0 Å². The van der Waals surface area contributed by atoms with Crippen LogP contribution in [0.1, 0.15) is 27.7 Å². The minimum Gasteiger partial charge on any atom is -0.387 e. The lowest BCUT2D eigenvalue weighted by Gasteiger charge is -2.37. The fraction of sp³-hybridized carbons (Fsp3) is 1.00. The molecule has 0 aromatic carbocycles. The summed E-state index contributed by atoms with van der Waals surface area (Å²) in [6.07, 6.45) is -2.49. The molecule has 0 aromatic rings. The van der Waals surface area contributed by atoms with Crippen LogP contribution in [0.4, 0.5) is 0 Å². The molecule has 2 unspecified atom stereocenters. The molecule has 1 N–H and O–H groups in total. The predicted molar refractivity (Wildman–Crippen MR) is 63.3 cm³/mol. The van der Waals surface area contributed by atoms with Gasteiger partial charge in [-0.25, -0.2) is 0 Å². The Labute approximate surface area is 111 Å². The van der Waals surface area contributed by atoms with Crippen LogP contribution in [0.25, 0.3) is 0 Å². The zero-order valence-electron chi connectivity index (χ0n) is 10.9. The maximum atomic E-state index is 10.4. The van der Waals surface area contributed by atoms with Crippen molar-refractivity contribution in [3.8, 4) is 0 Å². The summed E-state index contributed by atoms with van der Waals surface area (Å²) >= 11 is 6.42. The van der Waals surface area contributed by atoms with Crippen LogP contribution in [-0.4, -0.2) is 52.6 Å². The second-order valence-corrected chi connectivity index (χ2v) is 6.57. The van der Waals surface area contributed by atoms with E-state index >= 15 is 0 Å². The lowest BCUT2D eigenvalue weighted by atomic mass is 9.87.